The SMILES string of the molecule is CS(=O)(=O)c1ccc2nc(Nc3ccc(-c4ccc(C(=O)C5CCCC5C(=O)O)cc4)cc3)sc2c1. The predicted octanol–water partition coefficient (Wildman–Crippen LogP) is 5.79. The number of nitrogens with zero attached hydrogens (tertiary/aromatic N) is 1. The molecule has 0 spiro atoms. The summed E-state index contributed by atoms with van der Waals surface area (Å²) in [5.74, 6) is -2.01. The van der Waals surface area contributed by atoms with Crippen molar-refractivity contribution in [2.24, 2.45) is 11.8 Å². The number of carbonyl (C=O) groups is 2. The molecule has 2 unspecified atom stereocenters. The lowest BCUT2D eigenvalue weighted by Crippen LogP contribution is -2.25. The number of hydrogen-bond acceptors (Lipinski definition) is 7. The molecule has 1 aromatic heterocycles. The maximum atomic E-state index is 12.9. The van der Waals surface area contributed by atoms with Crippen LogP contribution in [0.2, 0.25) is 0 Å². The lowest BCUT2D eigenvalue weighted by molar-refractivity contribution is -0.142. The molecule has 2 atom stereocenters. The number of sulfone groups is 1. The summed E-state index contributed by atoms with van der Waals surface area (Å²) in [6.45, 7) is 0. The van der Waals surface area contributed by atoms with Crippen molar-refractivity contribution >= 4 is 54.0 Å². The summed E-state index contributed by atoms with van der Waals surface area (Å²) in [5.41, 5.74) is 4.05. The molecule has 184 valence electrons. The Bertz CT molecular complexity index is 1560. The van der Waals surface area contributed by atoms with Gasteiger partial charge in [-0.15, -0.1) is 0 Å². The highest BCUT2D eigenvalue weighted by molar-refractivity contribution is 7.90. The fourth-order valence-electron chi connectivity index (χ4n) is 4.67. The zero-order valence-electron chi connectivity index (χ0n) is 19.5. The Labute approximate surface area is 212 Å². The van der Waals surface area contributed by atoms with Crippen molar-refractivity contribution in [2.45, 2.75) is 24.2 Å². The van der Waals surface area contributed by atoms with E-state index < -0.39 is 27.6 Å². The number of benzene rings is 3. The summed E-state index contributed by atoms with van der Waals surface area (Å²) >= 11 is 1.38. The average Bonchev–Trinajstić information content (AvgIpc) is 3.50. The molecule has 9 heteroatoms. The molecule has 2 N–H and O–H groups in total. The van der Waals surface area contributed by atoms with E-state index in [2.05, 4.69) is 10.3 Å². The molecule has 36 heavy (non-hydrogen) atoms. The Hall–Kier alpha value is -3.56. The van der Waals surface area contributed by atoms with Gasteiger partial charge in [0.15, 0.2) is 20.8 Å². The van der Waals surface area contributed by atoms with E-state index in [0.29, 0.717) is 23.5 Å². The van der Waals surface area contributed by atoms with Crippen molar-refractivity contribution in [1.29, 1.82) is 0 Å². The Balaban J connectivity index is 1.29. The first kappa shape index (κ1) is 24.1. The second-order valence-electron chi connectivity index (χ2n) is 9.05. The maximum absolute atomic E-state index is 12.9. The number of aliphatic carboxylic acids is 1. The number of ketones is 1. The fourth-order valence-corrected chi connectivity index (χ4v) is 6.32. The molecule has 1 saturated carbocycles. The van der Waals surface area contributed by atoms with Crippen LogP contribution in [0.4, 0.5) is 10.8 Å². The van der Waals surface area contributed by atoms with Crippen molar-refractivity contribution in [3.63, 3.8) is 0 Å². The van der Waals surface area contributed by atoms with Crippen LogP contribution in [0.15, 0.2) is 71.6 Å². The fraction of sp³-hybridized carbons (Fsp3) is 0.222. The van der Waals surface area contributed by atoms with E-state index in [9.17, 15) is 23.1 Å². The number of anilines is 2. The molecular formula is C27H24N2O5S2. The molecular weight excluding hydrogens is 496 g/mol. The Kier molecular flexibility index (Phi) is 6.36. The van der Waals surface area contributed by atoms with Crippen molar-refractivity contribution < 1.29 is 23.1 Å². The highest BCUT2D eigenvalue weighted by Gasteiger charge is 2.37. The first-order chi connectivity index (χ1) is 17.2. The summed E-state index contributed by atoms with van der Waals surface area (Å²) in [7, 11) is -3.28. The topological polar surface area (TPSA) is 113 Å². The minimum atomic E-state index is -3.28. The minimum absolute atomic E-state index is 0.0921. The van der Waals surface area contributed by atoms with Gasteiger partial charge in [0.1, 0.15) is 0 Å². The predicted molar refractivity (Wildman–Crippen MR) is 141 cm³/mol. The van der Waals surface area contributed by atoms with E-state index in [1.807, 2.05) is 36.4 Å². The Morgan fingerprint density at radius 1 is 0.944 bits per heavy atom. The Morgan fingerprint density at radius 3 is 2.22 bits per heavy atom. The van der Waals surface area contributed by atoms with Gasteiger partial charge in [-0.2, -0.15) is 0 Å². The van der Waals surface area contributed by atoms with Gasteiger partial charge in [-0.1, -0.05) is 54.2 Å². The highest BCUT2D eigenvalue weighted by atomic mass is 32.2. The third kappa shape index (κ3) is 4.89. The second kappa shape index (κ2) is 9.48. The van der Waals surface area contributed by atoms with Crippen LogP contribution >= 0.6 is 11.3 Å². The lowest BCUT2D eigenvalue weighted by Gasteiger charge is -2.14. The molecule has 3 aromatic carbocycles. The van der Waals surface area contributed by atoms with Crippen LogP contribution in [-0.4, -0.2) is 36.5 Å². The molecule has 1 fully saturated rings. The molecule has 1 aliphatic rings. The highest BCUT2D eigenvalue weighted by Crippen LogP contribution is 2.35. The van der Waals surface area contributed by atoms with Gasteiger partial charge >= 0.3 is 5.97 Å². The van der Waals surface area contributed by atoms with E-state index in [1.165, 1.54) is 17.6 Å². The smallest absolute Gasteiger partial charge is 0.307 e. The standard InChI is InChI=1S/C27H24N2O5S2/c1-36(33,34)20-13-14-23-24(15-20)35-27(29-23)28-19-11-9-17(10-12-19)16-5-7-18(8-6-16)25(30)21-3-2-4-22(21)26(31)32/h5-15,21-22H,2-4H2,1H3,(H,28,29)(H,31,32). The van der Waals surface area contributed by atoms with Gasteiger partial charge in [-0.05, 0) is 54.3 Å². The normalized spacial score (nSPS) is 17.8. The summed E-state index contributed by atoms with van der Waals surface area (Å²) in [6.07, 6.45) is 3.14. The van der Waals surface area contributed by atoms with Crippen LogP contribution in [0.1, 0.15) is 29.6 Å². The molecule has 0 aliphatic heterocycles. The summed E-state index contributed by atoms with van der Waals surface area (Å²) in [6, 6.07) is 20.0. The van der Waals surface area contributed by atoms with Crippen LogP contribution in [0.25, 0.3) is 21.3 Å². The number of rotatable bonds is 7. The zero-order chi connectivity index (χ0) is 25.4. The zero-order valence-corrected chi connectivity index (χ0v) is 21.1. The molecule has 1 heterocycles. The first-order valence-corrected chi connectivity index (χ1v) is 14.2. The van der Waals surface area contributed by atoms with Crippen LogP contribution in [0.3, 0.4) is 0 Å². The number of nitrogens with one attached hydrogen (secondary N) is 1. The second-order valence-corrected chi connectivity index (χ2v) is 12.1. The van der Waals surface area contributed by atoms with Crippen molar-refractivity contribution in [2.75, 3.05) is 11.6 Å². The molecule has 1 aliphatic carbocycles. The number of aromatic nitrogens is 1. The monoisotopic (exact) mass is 520 g/mol. The number of thiazole rings is 1. The average molecular weight is 521 g/mol. The van der Waals surface area contributed by atoms with E-state index in [-0.39, 0.29) is 10.7 Å². The quantitative estimate of drug-likeness (QED) is 0.296. The summed E-state index contributed by atoms with van der Waals surface area (Å²) in [5, 5.41) is 13.3. The molecule has 7 nitrogen and oxygen atoms in total. The van der Waals surface area contributed by atoms with E-state index in [4.69, 9.17) is 0 Å². The van der Waals surface area contributed by atoms with E-state index >= 15 is 0 Å². The summed E-state index contributed by atoms with van der Waals surface area (Å²) < 4.78 is 24.4. The van der Waals surface area contributed by atoms with E-state index in [0.717, 1.165) is 33.5 Å². The van der Waals surface area contributed by atoms with E-state index in [1.54, 1.807) is 30.3 Å². The number of carboxylic acids is 1. The first-order valence-electron chi connectivity index (χ1n) is 11.5. The molecule has 5 rings (SSSR count). The van der Waals surface area contributed by atoms with Crippen LogP contribution < -0.4 is 5.32 Å². The van der Waals surface area contributed by atoms with Crippen LogP contribution in [0, 0.1) is 11.8 Å². The van der Waals surface area contributed by atoms with Crippen molar-refractivity contribution in [1.82, 2.24) is 4.98 Å². The number of carboxylic acid groups (broad SMARTS) is 1. The molecule has 0 saturated heterocycles. The molecule has 0 bridgehead atoms. The van der Waals surface area contributed by atoms with Gasteiger partial charge in [0, 0.05) is 23.4 Å². The number of carbonyl (C=O) groups excluding carboxylic acids is 1. The maximum Gasteiger partial charge on any atom is 0.307 e. The number of fused-ring (bicyclic) bond motifs is 1. The van der Waals surface area contributed by atoms with Gasteiger partial charge in [-0.25, -0.2) is 13.4 Å². The van der Waals surface area contributed by atoms with Crippen molar-refractivity contribution in [3.8, 4) is 11.1 Å². The van der Waals surface area contributed by atoms with Gasteiger partial charge in [0.05, 0.1) is 21.0 Å². The van der Waals surface area contributed by atoms with Gasteiger partial charge in [0.2, 0.25) is 0 Å². The van der Waals surface area contributed by atoms with Gasteiger partial charge < -0.3 is 10.4 Å². The van der Waals surface area contributed by atoms with Crippen LogP contribution in [-0.2, 0) is 14.6 Å². The van der Waals surface area contributed by atoms with Crippen LogP contribution in [0.5, 0.6) is 0 Å². The number of hydrogen-bond donors (Lipinski definition) is 2. The number of Topliss-reactive ketones (excluding diaryl/α,β-unsaturated/α-hetero) is 1. The molecule has 0 amide bonds. The molecule has 4 aromatic rings. The third-order valence-corrected chi connectivity index (χ3v) is 8.64. The van der Waals surface area contributed by atoms with Gasteiger partial charge in [0.25, 0.3) is 0 Å². The largest absolute Gasteiger partial charge is 0.481 e. The molecule has 0 radical (unpaired) electrons. The van der Waals surface area contributed by atoms with Gasteiger partial charge in [-0.3, -0.25) is 9.59 Å². The minimum Gasteiger partial charge on any atom is -0.481 e. The van der Waals surface area contributed by atoms with Crippen molar-refractivity contribution in [3.05, 3.63) is 72.3 Å². The lowest BCUT2D eigenvalue weighted by atomic mass is 9.88. The Morgan fingerprint density at radius 2 is 1.58 bits per heavy atom. The third-order valence-electron chi connectivity index (χ3n) is 6.60. The summed E-state index contributed by atoms with van der Waals surface area (Å²) in [4.78, 5) is 29.1.